The van der Waals surface area contributed by atoms with Crippen molar-refractivity contribution >= 4 is 48.2 Å². The molecule has 0 saturated carbocycles. The zero-order valence-electron chi connectivity index (χ0n) is 8.44. The van der Waals surface area contributed by atoms with Gasteiger partial charge >= 0.3 is 0 Å². The number of hydrogen-bond acceptors (Lipinski definition) is 3. The predicted octanol–water partition coefficient (Wildman–Crippen LogP) is 3.89. The van der Waals surface area contributed by atoms with Crippen LogP contribution < -0.4 is 0 Å². The highest BCUT2D eigenvalue weighted by atomic mass is 79.9. The van der Waals surface area contributed by atoms with E-state index < -0.39 is 0 Å². The lowest BCUT2D eigenvalue weighted by Crippen LogP contribution is -1.91. The maximum Gasteiger partial charge on any atom is 0.213 e. The molecule has 0 saturated heterocycles. The third-order valence-electron chi connectivity index (χ3n) is 2.95. The van der Waals surface area contributed by atoms with Crippen molar-refractivity contribution in [3.8, 4) is 11.3 Å². The molecule has 2 heterocycles. The maximum atomic E-state index is 4.66. The molecule has 1 aliphatic rings. The van der Waals surface area contributed by atoms with E-state index in [2.05, 4.69) is 60.1 Å². The van der Waals surface area contributed by atoms with Gasteiger partial charge in [-0.1, -0.05) is 33.3 Å². The van der Waals surface area contributed by atoms with Crippen LogP contribution in [0, 0.1) is 0 Å². The fourth-order valence-corrected chi connectivity index (χ4v) is 3.91. The van der Waals surface area contributed by atoms with Crippen LogP contribution in [0.3, 0.4) is 0 Å². The monoisotopic (exact) mass is 369 g/mol. The number of hydrogen-bond donors (Lipinski definition) is 0. The van der Waals surface area contributed by atoms with Crippen molar-refractivity contribution in [2.75, 3.05) is 0 Å². The molecule has 0 radical (unpaired) electrons. The van der Waals surface area contributed by atoms with E-state index in [0.717, 1.165) is 25.5 Å². The molecular formula is C11H5Br2N3S. The molecular weight excluding hydrogens is 366 g/mol. The number of benzene rings is 1. The highest BCUT2D eigenvalue weighted by Gasteiger charge is 2.25. The van der Waals surface area contributed by atoms with Gasteiger partial charge in [0.05, 0.1) is 11.4 Å². The summed E-state index contributed by atoms with van der Waals surface area (Å²) in [4.78, 5) is 5.61. The van der Waals surface area contributed by atoms with E-state index in [1.54, 1.807) is 11.3 Å². The average molecular weight is 371 g/mol. The molecule has 0 bridgehead atoms. The minimum absolute atomic E-state index is 0.875. The van der Waals surface area contributed by atoms with Crippen LogP contribution in [-0.4, -0.2) is 14.6 Å². The van der Waals surface area contributed by atoms with Crippen LogP contribution in [0.5, 0.6) is 0 Å². The van der Waals surface area contributed by atoms with Crippen LogP contribution in [0.1, 0.15) is 11.3 Å². The first-order chi connectivity index (χ1) is 8.22. The molecule has 2 aromatic heterocycles. The van der Waals surface area contributed by atoms with E-state index in [4.69, 9.17) is 0 Å². The number of nitrogens with zero attached hydrogens (tertiary/aromatic N) is 3. The van der Waals surface area contributed by atoms with Crippen LogP contribution in [0.15, 0.2) is 26.6 Å². The summed E-state index contributed by atoms with van der Waals surface area (Å²) in [6.07, 6.45) is 0.904. The van der Waals surface area contributed by atoms with Gasteiger partial charge in [-0.15, -0.1) is 5.10 Å². The van der Waals surface area contributed by atoms with Crippen molar-refractivity contribution in [1.82, 2.24) is 14.6 Å². The zero-order chi connectivity index (χ0) is 11.6. The number of halogens is 2. The van der Waals surface area contributed by atoms with Crippen molar-refractivity contribution in [3.05, 3.63) is 37.8 Å². The lowest BCUT2D eigenvalue weighted by atomic mass is 10.1. The molecule has 84 valence electrons. The molecule has 0 spiro atoms. The van der Waals surface area contributed by atoms with Crippen molar-refractivity contribution in [1.29, 1.82) is 0 Å². The Morgan fingerprint density at radius 3 is 3.06 bits per heavy atom. The molecule has 0 fully saturated rings. The lowest BCUT2D eigenvalue weighted by Gasteiger charge is -1.98. The van der Waals surface area contributed by atoms with Crippen LogP contribution in [0.2, 0.25) is 0 Å². The minimum atomic E-state index is 0.875. The van der Waals surface area contributed by atoms with Crippen molar-refractivity contribution in [2.45, 2.75) is 6.42 Å². The normalized spacial score (nSPS) is 13.1. The quantitative estimate of drug-likeness (QED) is 0.470. The van der Waals surface area contributed by atoms with E-state index in [1.165, 1.54) is 16.8 Å². The molecule has 0 N–H and O–H groups in total. The lowest BCUT2D eigenvalue weighted by molar-refractivity contribution is 0.897. The Morgan fingerprint density at radius 2 is 2.18 bits per heavy atom. The van der Waals surface area contributed by atoms with E-state index in [9.17, 15) is 0 Å². The first kappa shape index (κ1) is 10.2. The number of aromatic nitrogens is 3. The molecule has 0 aliphatic heterocycles. The van der Waals surface area contributed by atoms with E-state index in [1.807, 2.05) is 4.52 Å². The highest BCUT2D eigenvalue weighted by Crippen LogP contribution is 2.38. The Morgan fingerprint density at radius 1 is 1.29 bits per heavy atom. The summed E-state index contributed by atoms with van der Waals surface area (Å²) in [5.74, 6) is 0. The summed E-state index contributed by atoms with van der Waals surface area (Å²) in [6.45, 7) is 0. The van der Waals surface area contributed by atoms with Gasteiger partial charge in [0.25, 0.3) is 0 Å². The van der Waals surface area contributed by atoms with Gasteiger partial charge in [0.15, 0.2) is 3.92 Å². The Balaban J connectivity index is 2.04. The third-order valence-corrected chi connectivity index (χ3v) is 4.79. The molecule has 1 aromatic carbocycles. The summed E-state index contributed by atoms with van der Waals surface area (Å²) in [5, 5.41) is 4.43. The molecule has 3 nitrogen and oxygen atoms in total. The van der Waals surface area contributed by atoms with Gasteiger partial charge in [0.2, 0.25) is 4.96 Å². The Kier molecular flexibility index (Phi) is 2.04. The summed E-state index contributed by atoms with van der Waals surface area (Å²) in [6, 6.07) is 6.34. The molecule has 0 amide bonds. The summed E-state index contributed by atoms with van der Waals surface area (Å²) in [7, 11) is 0. The topological polar surface area (TPSA) is 30.2 Å². The van der Waals surface area contributed by atoms with E-state index in [-0.39, 0.29) is 0 Å². The van der Waals surface area contributed by atoms with Gasteiger partial charge in [0.1, 0.15) is 0 Å². The molecule has 0 atom stereocenters. The third kappa shape index (κ3) is 1.37. The van der Waals surface area contributed by atoms with Crippen molar-refractivity contribution in [3.63, 3.8) is 0 Å². The van der Waals surface area contributed by atoms with E-state index >= 15 is 0 Å². The summed E-state index contributed by atoms with van der Waals surface area (Å²) >= 11 is 8.46. The molecule has 4 rings (SSSR count). The molecule has 1 aliphatic carbocycles. The standard InChI is InChI=1S/C11H5Br2N3S/c12-6-1-2-7-5(3-6)4-8-9(7)14-11-16(8)15-10(13)17-11/h1-3H,4H2. The Hall–Kier alpha value is -0.720. The summed E-state index contributed by atoms with van der Waals surface area (Å²) in [5.41, 5.74) is 4.82. The van der Waals surface area contributed by atoms with Crippen molar-refractivity contribution in [2.24, 2.45) is 0 Å². The molecule has 6 heteroatoms. The fourth-order valence-electron chi connectivity index (χ4n) is 2.26. The van der Waals surface area contributed by atoms with Gasteiger partial charge in [-0.25, -0.2) is 9.50 Å². The van der Waals surface area contributed by atoms with E-state index in [0.29, 0.717) is 0 Å². The van der Waals surface area contributed by atoms with Gasteiger partial charge in [-0.3, -0.25) is 0 Å². The molecule has 0 unspecified atom stereocenters. The predicted molar refractivity (Wildman–Crippen MR) is 74.5 cm³/mol. The van der Waals surface area contributed by atoms with Gasteiger partial charge in [-0.2, -0.15) is 0 Å². The number of rotatable bonds is 0. The van der Waals surface area contributed by atoms with Crippen LogP contribution in [0.4, 0.5) is 0 Å². The SMILES string of the molecule is Brc1ccc2c(c1)Cc1c-2nc2sc(Br)nn12. The van der Waals surface area contributed by atoms with Gasteiger partial charge < -0.3 is 0 Å². The van der Waals surface area contributed by atoms with Crippen molar-refractivity contribution < 1.29 is 0 Å². The smallest absolute Gasteiger partial charge is 0.213 e. The number of imidazole rings is 1. The van der Waals surface area contributed by atoms with Crippen LogP contribution in [0.25, 0.3) is 16.2 Å². The second-order valence-corrected chi connectivity index (χ2v) is 7.08. The first-order valence-electron chi connectivity index (χ1n) is 5.05. The minimum Gasteiger partial charge on any atom is -0.217 e. The Labute approximate surface area is 118 Å². The number of fused-ring (bicyclic) bond motifs is 5. The first-order valence-corrected chi connectivity index (χ1v) is 7.45. The Bertz CT molecular complexity index is 760. The maximum absolute atomic E-state index is 4.66. The average Bonchev–Trinajstić information content (AvgIpc) is 2.87. The zero-order valence-corrected chi connectivity index (χ0v) is 12.4. The largest absolute Gasteiger partial charge is 0.217 e. The van der Waals surface area contributed by atoms with Crippen LogP contribution in [-0.2, 0) is 6.42 Å². The van der Waals surface area contributed by atoms with Gasteiger partial charge in [-0.05, 0) is 33.6 Å². The molecule has 3 aromatic rings. The summed E-state index contributed by atoms with van der Waals surface area (Å²) < 4.78 is 3.93. The second-order valence-electron chi connectivity index (χ2n) is 3.93. The van der Waals surface area contributed by atoms with Gasteiger partial charge in [0, 0.05) is 16.5 Å². The second kappa shape index (κ2) is 3.40. The van der Waals surface area contributed by atoms with Crippen LogP contribution >= 0.6 is 43.2 Å². The highest BCUT2D eigenvalue weighted by molar-refractivity contribution is 9.11. The fraction of sp³-hybridized carbons (Fsp3) is 0.0909. The molecule has 17 heavy (non-hydrogen) atoms.